The van der Waals surface area contributed by atoms with Crippen molar-refractivity contribution in [2.75, 3.05) is 0 Å². The summed E-state index contributed by atoms with van der Waals surface area (Å²) in [7, 11) is 0. The Balaban J connectivity index is 2.49. The van der Waals surface area contributed by atoms with Gasteiger partial charge in [-0.2, -0.15) is 0 Å². The van der Waals surface area contributed by atoms with E-state index in [1.807, 2.05) is 13.8 Å². The molecule has 1 nitrogen and oxygen atoms in total. The van der Waals surface area contributed by atoms with Crippen molar-refractivity contribution in [1.29, 1.82) is 0 Å². The smallest absolute Gasteiger partial charge is 0.0594 e. The second-order valence-corrected chi connectivity index (χ2v) is 5.57. The van der Waals surface area contributed by atoms with E-state index in [1.165, 1.54) is 11.1 Å². The molecule has 0 unspecified atom stereocenters. The zero-order valence-corrected chi connectivity index (χ0v) is 11.4. The summed E-state index contributed by atoms with van der Waals surface area (Å²) in [5.74, 6) is 0.586. The van der Waals surface area contributed by atoms with Gasteiger partial charge in [0.05, 0.1) is 5.60 Å². The molecule has 0 aliphatic heterocycles. The molecule has 0 radical (unpaired) electrons. The third-order valence-electron chi connectivity index (χ3n) is 2.84. The highest BCUT2D eigenvalue weighted by atomic mass is 16.3. The van der Waals surface area contributed by atoms with E-state index in [9.17, 15) is 5.11 Å². The van der Waals surface area contributed by atoms with Gasteiger partial charge in [0.1, 0.15) is 0 Å². The van der Waals surface area contributed by atoms with Gasteiger partial charge in [-0.15, -0.1) is 0 Å². The molecule has 0 fully saturated rings. The van der Waals surface area contributed by atoms with E-state index in [0.717, 1.165) is 12.8 Å². The first-order valence-electron chi connectivity index (χ1n) is 6.37. The molecule has 0 spiro atoms. The molecule has 0 aliphatic rings. The molecular weight excluding hydrogens is 208 g/mol. The van der Waals surface area contributed by atoms with Crippen LogP contribution in [0.1, 0.15) is 57.6 Å². The quantitative estimate of drug-likeness (QED) is 0.799. The van der Waals surface area contributed by atoms with Gasteiger partial charge in [-0.25, -0.2) is 0 Å². The maximum atomic E-state index is 9.58. The Morgan fingerprint density at radius 1 is 1.18 bits per heavy atom. The summed E-state index contributed by atoms with van der Waals surface area (Å²) in [5, 5.41) is 9.58. The lowest BCUT2D eigenvalue weighted by molar-refractivity contribution is 0.0722. The summed E-state index contributed by atoms with van der Waals surface area (Å²) in [4.78, 5) is 0. The van der Waals surface area contributed by atoms with Gasteiger partial charge in [-0.3, -0.25) is 0 Å². The molecule has 1 N–H and O–H groups in total. The second-order valence-electron chi connectivity index (χ2n) is 5.57. The van der Waals surface area contributed by atoms with E-state index in [1.54, 1.807) is 0 Å². The van der Waals surface area contributed by atoms with Crippen LogP contribution in [0.5, 0.6) is 0 Å². The van der Waals surface area contributed by atoms with Crippen molar-refractivity contribution in [3.8, 4) is 0 Å². The molecule has 94 valence electrons. The van der Waals surface area contributed by atoms with Crippen molar-refractivity contribution in [3.05, 3.63) is 41.5 Å². The van der Waals surface area contributed by atoms with E-state index in [2.05, 4.69) is 50.3 Å². The largest absolute Gasteiger partial charge is 0.390 e. The van der Waals surface area contributed by atoms with Gasteiger partial charge in [-0.05, 0) is 43.7 Å². The number of rotatable bonds is 5. The first kappa shape index (κ1) is 14.0. The van der Waals surface area contributed by atoms with E-state index in [0.29, 0.717) is 5.92 Å². The van der Waals surface area contributed by atoms with Crippen LogP contribution in [0.4, 0.5) is 0 Å². The lowest BCUT2D eigenvalue weighted by Gasteiger charge is -2.14. The fourth-order valence-corrected chi connectivity index (χ4v) is 1.65. The van der Waals surface area contributed by atoms with Gasteiger partial charge in [0.15, 0.2) is 0 Å². The van der Waals surface area contributed by atoms with Crippen LogP contribution in [-0.4, -0.2) is 10.7 Å². The van der Waals surface area contributed by atoms with Gasteiger partial charge in [-0.1, -0.05) is 50.3 Å². The molecule has 1 heteroatoms. The molecule has 1 aromatic rings. The van der Waals surface area contributed by atoms with Crippen LogP contribution in [0.3, 0.4) is 0 Å². The van der Waals surface area contributed by atoms with Crippen LogP contribution in [0.25, 0.3) is 6.08 Å². The summed E-state index contributed by atoms with van der Waals surface area (Å²) in [6.45, 7) is 8.10. The van der Waals surface area contributed by atoms with Crippen LogP contribution in [0.2, 0.25) is 0 Å². The minimum Gasteiger partial charge on any atom is -0.390 e. The number of aliphatic hydroxyl groups is 1. The SMILES string of the molecule is CC(C)c1ccc(/C=C/CCC(C)(C)O)cc1. The average molecular weight is 232 g/mol. The molecule has 0 aliphatic carbocycles. The third kappa shape index (κ3) is 5.69. The van der Waals surface area contributed by atoms with Crippen molar-refractivity contribution in [2.45, 2.75) is 52.1 Å². The molecule has 0 saturated carbocycles. The molecule has 1 aromatic carbocycles. The van der Waals surface area contributed by atoms with Crippen molar-refractivity contribution < 1.29 is 5.11 Å². The van der Waals surface area contributed by atoms with Crippen molar-refractivity contribution in [2.24, 2.45) is 0 Å². The van der Waals surface area contributed by atoms with Crippen LogP contribution >= 0.6 is 0 Å². The molecule has 0 heterocycles. The molecule has 0 saturated heterocycles. The predicted octanol–water partition coefficient (Wildman–Crippen LogP) is 4.37. The second kappa shape index (κ2) is 6.02. The van der Waals surface area contributed by atoms with Crippen LogP contribution in [0.15, 0.2) is 30.3 Å². The van der Waals surface area contributed by atoms with Crippen LogP contribution in [0, 0.1) is 0 Å². The van der Waals surface area contributed by atoms with Gasteiger partial charge in [0.25, 0.3) is 0 Å². The van der Waals surface area contributed by atoms with Crippen LogP contribution in [-0.2, 0) is 0 Å². The van der Waals surface area contributed by atoms with E-state index >= 15 is 0 Å². The maximum Gasteiger partial charge on any atom is 0.0594 e. The maximum absolute atomic E-state index is 9.58. The Morgan fingerprint density at radius 2 is 1.76 bits per heavy atom. The first-order valence-corrected chi connectivity index (χ1v) is 6.37. The van der Waals surface area contributed by atoms with Gasteiger partial charge >= 0.3 is 0 Å². The zero-order chi connectivity index (χ0) is 12.9. The molecule has 1 rings (SSSR count). The molecule has 0 atom stereocenters. The minimum atomic E-state index is -0.564. The Hall–Kier alpha value is -1.08. The van der Waals surface area contributed by atoms with Crippen molar-refractivity contribution in [3.63, 3.8) is 0 Å². The minimum absolute atomic E-state index is 0.564. The summed E-state index contributed by atoms with van der Waals surface area (Å²) in [6, 6.07) is 8.66. The fourth-order valence-electron chi connectivity index (χ4n) is 1.65. The zero-order valence-electron chi connectivity index (χ0n) is 11.4. The molecule has 0 aromatic heterocycles. The highest BCUT2D eigenvalue weighted by Crippen LogP contribution is 2.16. The highest BCUT2D eigenvalue weighted by molar-refractivity contribution is 5.49. The Kier molecular flexibility index (Phi) is 4.95. The van der Waals surface area contributed by atoms with Crippen molar-refractivity contribution >= 4 is 6.08 Å². The third-order valence-corrected chi connectivity index (χ3v) is 2.84. The number of benzene rings is 1. The average Bonchev–Trinajstić information content (AvgIpc) is 2.24. The summed E-state index contributed by atoms with van der Waals surface area (Å²) < 4.78 is 0. The monoisotopic (exact) mass is 232 g/mol. The Bertz CT molecular complexity index is 352. The van der Waals surface area contributed by atoms with E-state index < -0.39 is 5.60 Å². The number of hydrogen-bond donors (Lipinski definition) is 1. The fraction of sp³-hybridized carbons (Fsp3) is 0.500. The van der Waals surface area contributed by atoms with E-state index in [4.69, 9.17) is 0 Å². The van der Waals surface area contributed by atoms with Gasteiger partial charge in [0.2, 0.25) is 0 Å². The summed E-state index contributed by atoms with van der Waals surface area (Å²) in [6.07, 6.45) is 5.96. The van der Waals surface area contributed by atoms with E-state index in [-0.39, 0.29) is 0 Å². The standard InChI is InChI=1S/C16H24O/c1-13(2)15-10-8-14(9-11-15)7-5-6-12-16(3,4)17/h5,7-11,13,17H,6,12H2,1-4H3/b7-5+. The molecular formula is C16H24O. The highest BCUT2D eigenvalue weighted by Gasteiger charge is 2.09. The Labute approximate surface area is 105 Å². The van der Waals surface area contributed by atoms with Crippen molar-refractivity contribution in [1.82, 2.24) is 0 Å². The first-order chi connectivity index (χ1) is 7.88. The molecule has 0 amide bonds. The molecule has 17 heavy (non-hydrogen) atoms. The number of hydrogen-bond acceptors (Lipinski definition) is 1. The lowest BCUT2D eigenvalue weighted by atomic mass is 10.0. The topological polar surface area (TPSA) is 20.2 Å². The predicted molar refractivity (Wildman–Crippen MR) is 75.1 cm³/mol. The molecule has 0 bridgehead atoms. The van der Waals surface area contributed by atoms with Crippen LogP contribution < -0.4 is 0 Å². The normalized spacial score (nSPS) is 12.6. The Morgan fingerprint density at radius 3 is 2.24 bits per heavy atom. The lowest BCUT2D eigenvalue weighted by Crippen LogP contribution is -2.17. The van der Waals surface area contributed by atoms with Gasteiger partial charge < -0.3 is 5.11 Å². The summed E-state index contributed by atoms with van der Waals surface area (Å²) in [5.41, 5.74) is 2.04. The summed E-state index contributed by atoms with van der Waals surface area (Å²) >= 11 is 0. The number of allylic oxidation sites excluding steroid dienone is 1. The van der Waals surface area contributed by atoms with Gasteiger partial charge in [0, 0.05) is 0 Å².